The predicted octanol–water partition coefficient (Wildman–Crippen LogP) is 4.24. The summed E-state index contributed by atoms with van der Waals surface area (Å²) in [6.07, 6.45) is 1.96. The number of rotatable bonds is 8. The molecule has 0 aliphatic heterocycles. The molecule has 0 unspecified atom stereocenters. The van der Waals surface area contributed by atoms with Crippen molar-refractivity contribution >= 4 is 38.9 Å². The van der Waals surface area contributed by atoms with E-state index in [-0.39, 0.29) is 21.9 Å². The van der Waals surface area contributed by atoms with E-state index in [1.807, 2.05) is 22.4 Å². The molecule has 0 saturated heterocycles. The fourth-order valence-electron chi connectivity index (χ4n) is 3.03. The van der Waals surface area contributed by atoms with E-state index < -0.39 is 10.0 Å². The lowest BCUT2D eigenvalue weighted by molar-refractivity contribution is 0.0731. The first-order chi connectivity index (χ1) is 12.9. The van der Waals surface area contributed by atoms with Gasteiger partial charge in [0.1, 0.15) is 4.90 Å². The number of nitrogens with zero attached hydrogens (tertiary/aromatic N) is 2. The summed E-state index contributed by atoms with van der Waals surface area (Å²) in [5.41, 5.74) is 0.355. The Morgan fingerprint density at radius 3 is 2.48 bits per heavy atom. The molecule has 1 aromatic heterocycles. The molecule has 0 bridgehead atoms. The molecule has 3 rings (SSSR count). The molecule has 8 heteroatoms. The van der Waals surface area contributed by atoms with Gasteiger partial charge in [-0.05, 0) is 42.5 Å². The molecule has 2 aromatic rings. The van der Waals surface area contributed by atoms with Crippen molar-refractivity contribution in [3.8, 4) is 0 Å². The van der Waals surface area contributed by atoms with Crippen molar-refractivity contribution in [3.63, 3.8) is 0 Å². The first-order valence-corrected chi connectivity index (χ1v) is 11.7. The Morgan fingerprint density at radius 2 is 1.93 bits per heavy atom. The van der Waals surface area contributed by atoms with Gasteiger partial charge < -0.3 is 4.90 Å². The number of hydrogen-bond acceptors (Lipinski definition) is 4. The average Bonchev–Trinajstić information content (AvgIpc) is 3.36. The van der Waals surface area contributed by atoms with Gasteiger partial charge in [0.2, 0.25) is 10.0 Å². The molecule has 1 amide bonds. The van der Waals surface area contributed by atoms with E-state index in [1.54, 1.807) is 31.3 Å². The number of hydrogen-bond donors (Lipinski definition) is 0. The van der Waals surface area contributed by atoms with Gasteiger partial charge in [0.05, 0.1) is 11.6 Å². The van der Waals surface area contributed by atoms with Crippen molar-refractivity contribution in [1.82, 2.24) is 9.21 Å². The van der Waals surface area contributed by atoms with E-state index in [2.05, 4.69) is 0 Å². The summed E-state index contributed by atoms with van der Waals surface area (Å²) in [5, 5.41) is 2.12. The molecule has 0 N–H and O–H groups in total. The maximum atomic E-state index is 13.1. The summed E-state index contributed by atoms with van der Waals surface area (Å²) in [5.74, 6) is -0.154. The standard InChI is InChI=1S/C19H23ClN2O3S2/c1-3-21(4-2)27(24,25)18-12-14(7-10-17(18)20)19(23)22(15-8-9-15)13-16-6-5-11-26-16/h5-7,10-12,15H,3-4,8-9,13H2,1-2H3. The molecular weight excluding hydrogens is 404 g/mol. The number of amides is 1. The van der Waals surface area contributed by atoms with E-state index in [0.717, 1.165) is 17.7 Å². The predicted molar refractivity (Wildman–Crippen MR) is 109 cm³/mol. The fraction of sp³-hybridized carbons (Fsp3) is 0.421. The lowest BCUT2D eigenvalue weighted by atomic mass is 10.2. The monoisotopic (exact) mass is 426 g/mol. The maximum absolute atomic E-state index is 13.1. The number of carbonyl (C=O) groups is 1. The summed E-state index contributed by atoms with van der Waals surface area (Å²) in [6.45, 7) is 4.79. The highest BCUT2D eigenvalue weighted by atomic mass is 35.5. The molecular formula is C19H23ClN2O3S2. The van der Waals surface area contributed by atoms with E-state index in [0.29, 0.717) is 25.2 Å². The third-order valence-electron chi connectivity index (χ3n) is 4.66. The lowest BCUT2D eigenvalue weighted by Crippen LogP contribution is -2.33. The Bertz CT molecular complexity index is 905. The smallest absolute Gasteiger partial charge is 0.254 e. The SMILES string of the molecule is CCN(CC)S(=O)(=O)c1cc(C(=O)N(Cc2cccs2)C2CC2)ccc1Cl. The van der Waals surface area contributed by atoms with Crippen LogP contribution < -0.4 is 0 Å². The summed E-state index contributed by atoms with van der Waals surface area (Å²) in [7, 11) is -3.74. The minimum atomic E-state index is -3.74. The highest BCUT2D eigenvalue weighted by Gasteiger charge is 2.34. The van der Waals surface area contributed by atoms with E-state index in [1.165, 1.54) is 16.4 Å². The molecule has 0 atom stereocenters. The third kappa shape index (κ3) is 4.37. The van der Waals surface area contributed by atoms with Crippen molar-refractivity contribution in [2.75, 3.05) is 13.1 Å². The van der Waals surface area contributed by atoms with Crippen LogP contribution in [0.1, 0.15) is 41.9 Å². The second-order valence-electron chi connectivity index (χ2n) is 6.48. The van der Waals surface area contributed by atoms with Gasteiger partial charge >= 0.3 is 0 Å². The third-order valence-corrected chi connectivity index (χ3v) is 8.05. The number of benzene rings is 1. The molecule has 1 fully saturated rings. The normalized spacial score (nSPS) is 14.5. The minimum Gasteiger partial charge on any atom is -0.331 e. The van der Waals surface area contributed by atoms with Gasteiger partial charge in [0.25, 0.3) is 5.91 Å². The number of thiophene rings is 1. The second-order valence-corrected chi connectivity index (χ2v) is 9.82. The molecule has 0 spiro atoms. The van der Waals surface area contributed by atoms with Crippen LogP contribution in [0.3, 0.4) is 0 Å². The summed E-state index contributed by atoms with van der Waals surface area (Å²) >= 11 is 7.80. The minimum absolute atomic E-state index is 0.00872. The lowest BCUT2D eigenvalue weighted by Gasteiger charge is -2.23. The zero-order valence-corrected chi connectivity index (χ0v) is 17.8. The van der Waals surface area contributed by atoms with E-state index in [4.69, 9.17) is 11.6 Å². The zero-order chi connectivity index (χ0) is 19.6. The van der Waals surface area contributed by atoms with E-state index >= 15 is 0 Å². The molecule has 1 aliphatic carbocycles. The summed E-state index contributed by atoms with van der Waals surface area (Å²) < 4.78 is 27.1. The van der Waals surface area contributed by atoms with Crippen LogP contribution in [0.25, 0.3) is 0 Å². The second kappa shape index (κ2) is 8.31. The molecule has 27 heavy (non-hydrogen) atoms. The van der Waals surface area contributed by atoms with Gasteiger partial charge in [-0.1, -0.05) is 31.5 Å². The van der Waals surface area contributed by atoms with Crippen molar-refractivity contribution in [3.05, 3.63) is 51.2 Å². The van der Waals surface area contributed by atoms with Crippen LogP contribution in [0.4, 0.5) is 0 Å². The number of halogens is 1. The molecule has 5 nitrogen and oxygen atoms in total. The summed E-state index contributed by atoms with van der Waals surface area (Å²) in [6, 6.07) is 8.72. The Labute approximate surface area is 169 Å². The van der Waals surface area contributed by atoms with Gasteiger partial charge in [-0.2, -0.15) is 4.31 Å². The van der Waals surface area contributed by atoms with Crippen LogP contribution >= 0.6 is 22.9 Å². The van der Waals surface area contributed by atoms with Crippen molar-refractivity contribution in [1.29, 1.82) is 0 Å². The van der Waals surface area contributed by atoms with Crippen LogP contribution in [0.5, 0.6) is 0 Å². The molecule has 1 aromatic carbocycles. The average molecular weight is 427 g/mol. The Balaban J connectivity index is 1.93. The van der Waals surface area contributed by atoms with Crippen molar-refractivity contribution < 1.29 is 13.2 Å². The zero-order valence-electron chi connectivity index (χ0n) is 15.4. The van der Waals surface area contributed by atoms with Crippen LogP contribution in [0.15, 0.2) is 40.6 Å². The quantitative estimate of drug-likeness (QED) is 0.634. The molecule has 1 heterocycles. The Morgan fingerprint density at radius 1 is 1.22 bits per heavy atom. The number of carbonyl (C=O) groups excluding carboxylic acids is 1. The largest absolute Gasteiger partial charge is 0.331 e. The summed E-state index contributed by atoms with van der Waals surface area (Å²) in [4.78, 5) is 16.1. The van der Waals surface area contributed by atoms with Gasteiger partial charge in [0, 0.05) is 29.6 Å². The Kier molecular flexibility index (Phi) is 6.25. The topological polar surface area (TPSA) is 57.7 Å². The number of sulfonamides is 1. The van der Waals surface area contributed by atoms with Crippen LogP contribution in [0.2, 0.25) is 5.02 Å². The van der Waals surface area contributed by atoms with E-state index in [9.17, 15) is 13.2 Å². The van der Waals surface area contributed by atoms with Crippen LogP contribution in [-0.2, 0) is 16.6 Å². The van der Waals surface area contributed by atoms with Crippen LogP contribution in [0, 0.1) is 0 Å². The van der Waals surface area contributed by atoms with Crippen molar-refractivity contribution in [2.45, 2.75) is 44.2 Å². The first kappa shape index (κ1) is 20.3. The van der Waals surface area contributed by atoms with Gasteiger partial charge in [-0.15, -0.1) is 11.3 Å². The van der Waals surface area contributed by atoms with Gasteiger partial charge in [-0.3, -0.25) is 4.79 Å². The van der Waals surface area contributed by atoms with Gasteiger partial charge in [0.15, 0.2) is 0 Å². The molecule has 1 aliphatic rings. The van der Waals surface area contributed by atoms with Crippen LogP contribution in [-0.4, -0.2) is 42.7 Å². The molecule has 146 valence electrons. The highest BCUT2D eigenvalue weighted by Crippen LogP contribution is 2.32. The Hall–Kier alpha value is -1.41. The first-order valence-electron chi connectivity index (χ1n) is 9.01. The fourth-order valence-corrected chi connectivity index (χ4v) is 5.69. The molecule has 1 saturated carbocycles. The highest BCUT2D eigenvalue weighted by molar-refractivity contribution is 7.89. The van der Waals surface area contributed by atoms with Crippen molar-refractivity contribution in [2.24, 2.45) is 0 Å². The molecule has 0 radical (unpaired) electrons. The van der Waals surface area contributed by atoms with Gasteiger partial charge in [-0.25, -0.2) is 8.42 Å². The maximum Gasteiger partial charge on any atom is 0.254 e.